The summed E-state index contributed by atoms with van der Waals surface area (Å²) < 4.78 is 2.05. The van der Waals surface area contributed by atoms with Crippen LogP contribution in [0.2, 0.25) is 0 Å². The molecule has 1 aromatic heterocycles. The Morgan fingerprint density at radius 1 is 1.09 bits per heavy atom. The van der Waals surface area contributed by atoms with E-state index in [1.54, 1.807) is 12.1 Å². The van der Waals surface area contributed by atoms with Crippen LogP contribution in [-0.2, 0) is 17.8 Å². The van der Waals surface area contributed by atoms with E-state index in [1.807, 2.05) is 49.4 Å². The quantitative estimate of drug-likeness (QED) is 0.149. The maximum absolute atomic E-state index is 11.3. The van der Waals surface area contributed by atoms with Gasteiger partial charge in [-0.15, -0.1) is 24.8 Å². The third-order valence-corrected chi connectivity index (χ3v) is 5.26. The average Bonchev–Trinajstić information content (AvgIpc) is 3.11. The third kappa shape index (κ3) is 5.41. The molecule has 0 saturated carbocycles. The van der Waals surface area contributed by atoms with E-state index >= 15 is 0 Å². The molecule has 3 aromatic carbocycles. The molecule has 1 amide bonds. The van der Waals surface area contributed by atoms with Crippen molar-refractivity contribution in [3.63, 3.8) is 0 Å². The van der Waals surface area contributed by atoms with Crippen molar-refractivity contribution in [2.45, 2.75) is 19.9 Å². The van der Waals surface area contributed by atoms with Gasteiger partial charge < -0.3 is 21.9 Å². The molecule has 0 saturated heterocycles. The van der Waals surface area contributed by atoms with E-state index < -0.39 is 0 Å². The first-order valence-electron chi connectivity index (χ1n) is 10.1. The van der Waals surface area contributed by atoms with Gasteiger partial charge in [0, 0.05) is 5.56 Å². The van der Waals surface area contributed by atoms with Crippen LogP contribution in [-0.4, -0.2) is 26.4 Å². The molecule has 0 aliphatic carbocycles. The minimum absolute atomic E-state index is 0. The molecule has 34 heavy (non-hydrogen) atoms. The second-order valence-corrected chi connectivity index (χ2v) is 7.62. The first-order chi connectivity index (χ1) is 15.3. The topological polar surface area (TPSA) is 143 Å². The van der Waals surface area contributed by atoms with Gasteiger partial charge in [0.15, 0.2) is 0 Å². The van der Waals surface area contributed by atoms with Gasteiger partial charge in [0.2, 0.25) is 5.91 Å². The van der Waals surface area contributed by atoms with Crippen molar-refractivity contribution in [2.75, 3.05) is 5.32 Å². The molecular formula is C24H26Cl2N6O2. The molecule has 10 heteroatoms. The predicted molar refractivity (Wildman–Crippen MR) is 140 cm³/mol. The first-order valence-corrected chi connectivity index (χ1v) is 10.1. The zero-order valence-corrected chi connectivity index (χ0v) is 20.0. The Kier molecular flexibility index (Phi) is 8.51. The second-order valence-electron chi connectivity index (χ2n) is 7.62. The number of benzene rings is 3. The molecule has 0 aliphatic heterocycles. The molecule has 0 atom stereocenters. The lowest BCUT2D eigenvalue weighted by Gasteiger charge is -2.15. The number of nitrogen functional groups attached to an aromatic ring is 1. The number of nitrogens with one attached hydrogen (secondary N) is 2. The zero-order valence-electron chi connectivity index (χ0n) is 18.4. The molecule has 8 nitrogen and oxygen atoms in total. The number of aryl methyl sites for hydroxylation is 1. The standard InChI is InChI=1S/C24H24N6O2.2ClH/c1-14-10-15(11-22(25)32)6-8-19(14)30-20-5-3-2-4-17(20)29-23(30)13-28-18-12-16(24(26)27)7-9-21(18)31;;/h2-10,12,28,31H,11,13H2,1H3,(H2,25,32)(H3,26,27);2*1H. The van der Waals surface area contributed by atoms with E-state index in [2.05, 4.69) is 9.88 Å². The normalized spacial score (nSPS) is 10.3. The monoisotopic (exact) mass is 500 g/mol. The van der Waals surface area contributed by atoms with E-state index in [1.165, 1.54) is 6.07 Å². The van der Waals surface area contributed by atoms with Crippen molar-refractivity contribution < 1.29 is 9.90 Å². The number of para-hydroxylation sites is 2. The van der Waals surface area contributed by atoms with E-state index in [9.17, 15) is 9.90 Å². The van der Waals surface area contributed by atoms with Gasteiger partial charge in [-0.2, -0.15) is 0 Å². The van der Waals surface area contributed by atoms with Gasteiger partial charge in [-0.05, 0) is 54.4 Å². The minimum atomic E-state index is -0.372. The summed E-state index contributed by atoms with van der Waals surface area (Å²) in [7, 11) is 0. The highest BCUT2D eigenvalue weighted by Gasteiger charge is 2.15. The number of fused-ring (bicyclic) bond motifs is 1. The number of anilines is 1. The van der Waals surface area contributed by atoms with Crippen LogP contribution in [0.5, 0.6) is 5.75 Å². The third-order valence-electron chi connectivity index (χ3n) is 5.26. The van der Waals surface area contributed by atoms with Crippen molar-refractivity contribution >= 4 is 53.3 Å². The van der Waals surface area contributed by atoms with Crippen molar-refractivity contribution in [1.82, 2.24) is 9.55 Å². The number of amidine groups is 1. The number of hydrogen-bond donors (Lipinski definition) is 5. The van der Waals surface area contributed by atoms with Gasteiger partial charge in [0.05, 0.1) is 35.4 Å². The van der Waals surface area contributed by atoms with Gasteiger partial charge >= 0.3 is 0 Å². The van der Waals surface area contributed by atoms with Crippen LogP contribution in [0, 0.1) is 12.3 Å². The molecule has 0 radical (unpaired) electrons. The minimum Gasteiger partial charge on any atom is -0.506 e. The van der Waals surface area contributed by atoms with Gasteiger partial charge in [-0.25, -0.2) is 4.98 Å². The summed E-state index contributed by atoms with van der Waals surface area (Å²) in [4.78, 5) is 16.1. The number of phenols is 1. The van der Waals surface area contributed by atoms with Crippen LogP contribution in [0.25, 0.3) is 16.7 Å². The summed E-state index contributed by atoms with van der Waals surface area (Å²) in [5.74, 6) is 0.351. The number of hydrogen-bond acceptors (Lipinski definition) is 5. The van der Waals surface area contributed by atoms with Crippen LogP contribution >= 0.6 is 24.8 Å². The number of amides is 1. The lowest BCUT2D eigenvalue weighted by atomic mass is 10.1. The second kappa shape index (κ2) is 10.9. The summed E-state index contributed by atoms with van der Waals surface area (Å²) in [5.41, 5.74) is 16.4. The summed E-state index contributed by atoms with van der Waals surface area (Å²) in [6.45, 7) is 2.31. The van der Waals surface area contributed by atoms with E-state index in [0.717, 1.165) is 33.7 Å². The summed E-state index contributed by atoms with van der Waals surface area (Å²) in [6.07, 6.45) is 0.186. The molecule has 1 heterocycles. The van der Waals surface area contributed by atoms with Crippen molar-refractivity contribution in [2.24, 2.45) is 11.5 Å². The summed E-state index contributed by atoms with van der Waals surface area (Å²) in [6, 6.07) is 18.4. The Labute approximate surface area is 209 Å². The molecule has 4 rings (SSSR count). The molecule has 4 aromatic rings. The summed E-state index contributed by atoms with van der Waals surface area (Å²) >= 11 is 0. The molecule has 178 valence electrons. The number of nitrogens with two attached hydrogens (primary N) is 2. The predicted octanol–water partition coefficient (Wildman–Crippen LogP) is 3.81. The molecule has 0 fully saturated rings. The Bertz CT molecular complexity index is 1350. The molecule has 7 N–H and O–H groups in total. The van der Waals surface area contributed by atoms with Gasteiger partial charge in [-0.1, -0.05) is 24.3 Å². The highest BCUT2D eigenvalue weighted by molar-refractivity contribution is 5.96. The van der Waals surface area contributed by atoms with E-state index in [0.29, 0.717) is 17.8 Å². The Hall–Kier alpha value is -3.75. The number of aromatic nitrogens is 2. The highest BCUT2D eigenvalue weighted by Crippen LogP contribution is 2.28. The fourth-order valence-corrected chi connectivity index (χ4v) is 3.76. The number of carbonyl (C=O) groups is 1. The van der Waals surface area contributed by atoms with Crippen LogP contribution < -0.4 is 16.8 Å². The van der Waals surface area contributed by atoms with Crippen molar-refractivity contribution in [1.29, 1.82) is 5.41 Å². The number of imidazole rings is 1. The Morgan fingerprint density at radius 2 is 1.82 bits per heavy atom. The maximum atomic E-state index is 11.3. The number of halogens is 2. The number of phenolic OH excluding ortho intramolecular Hbond substituents is 1. The van der Waals surface area contributed by atoms with Crippen LogP contribution in [0.4, 0.5) is 5.69 Å². The largest absolute Gasteiger partial charge is 0.506 e. The van der Waals surface area contributed by atoms with Gasteiger partial charge in [0.1, 0.15) is 17.4 Å². The van der Waals surface area contributed by atoms with E-state index in [4.69, 9.17) is 21.9 Å². The lowest BCUT2D eigenvalue weighted by molar-refractivity contribution is -0.117. The SMILES string of the molecule is Cc1cc(CC(N)=O)ccc1-n1c(CNc2cc(C(=N)N)ccc2O)nc2ccccc21.Cl.Cl. The first kappa shape index (κ1) is 26.5. The molecule has 0 bridgehead atoms. The lowest BCUT2D eigenvalue weighted by Crippen LogP contribution is -2.14. The summed E-state index contributed by atoms with van der Waals surface area (Å²) in [5, 5.41) is 21.1. The fraction of sp³-hybridized carbons (Fsp3) is 0.125. The maximum Gasteiger partial charge on any atom is 0.221 e. The number of carbonyl (C=O) groups excluding carboxylic acids is 1. The molecule has 0 aliphatic rings. The average molecular weight is 501 g/mol. The number of primary amides is 1. The fourth-order valence-electron chi connectivity index (χ4n) is 3.76. The smallest absolute Gasteiger partial charge is 0.221 e. The molecule has 0 unspecified atom stereocenters. The van der Waals surface area contributed by atoms with Crippen molar-refractivity contribution in [3.05, 3.63) is 83.2 Å². The molecular weight excluding hydrogens is 475 g/mol. The van der Waals surface area contributed by atoms with Crippen molar-refractivity contribution in [3.8, 4) is 11.4 Å². The van der Waals surface area contributed by atoms with Gasteiger partial charge in [-0.3, -0.25) is 14.8 Å². The van der Waals surface area contributed by atoms with Crippen LogP contribution in [0.1, 0.15) is 22.5 Å². The highest BCUT2D eigenvalue weighted by atomic mass is 35.5. The Balaban J connectivity index is 0.00000204. The van der Waals surface area contributed by atoms with Gasteiger partial charge in [0.25, 0.3) is 0 Å². The van der Waals surface area contributed by atoms with E-state index in [-0.39, 0.29) is 48.7 Å². The van der Waals surface area contributed by atoms with Crippen LogP contribution in [0.15, 0.2) is 60.7 Å². The number of aromatic hydroxyl groups is 1. The Morgan fingerprint density at radius 3 is 2.50 bits per heavy atom. The van der Waals surface area contributed by atoms with Crippen LogP contribution in [0.3, 0.4) is 0 Å². The number of nitrogens with zero attached hydrogens (tertiary/aromatic N) is 2. The number of rotatable bonds is 7. The zero-order chi connectivity index (χ0) is 22.8. The molecule has 0 spiro atoms.